The second-order valence-corrected chi connectivity index (χ2v) is 8.15. The SMILES string of the molecule is CC[C@H](C)N(Cc1cccc(OS(C)(=O)=O)c1)C(=O)c1cccc(Cl)c1. The van der Waals surface area contributed by atoms with Gasteiger partial charge in [-0.1, -0.05) is 36.7 Å². The highest BCUT2D eigenvalue weighted by atomic mass is 35.5. The topological polar surface area (TPSA) is 63.7 Å². The number of nitrogens with zero attached hydrogens (tertiary/aromatic N) is 1. The Kier molecular flexibility index (Phi) is 6.67. The molecule has 1 amide bonds. The lowest BCUT2D eigenvalue weighted by atomic mass is 10.1. The predicted molar refractivity (Wildman–Crippen MR) is 103 cm³/mol. The van der Waals surface area contributed by atoms with Gasteiger partial charge in [-0.15, -0.1) is 0 Å². The maximum absolute atomic E-state index is 13.0. The van der Waals surface area contributed by atoms with E-state index in [2.05, 4.69) is 0 Å². The Balaban J connectivity index is 2.28. The standard InChI is InChI=1S/C19H22ClNO4S/c1-4-14(2)21(19(22)16-8-6-9-17(20)12-16)13-15-7-5-10-18(11-15)25-26(3,23)24/h5-12,14H,4,13H2,1-3H3/t14-/m0/s1. The van der Waals surface area contributed by atoms with Crippen molar-refractivity contribution in [3.63, 3.8) is 0 Å². The third kappa shape index (κ3) is 5.75. The summed E-state index contributed by atoms with van der Waals surface area (Å²) in [5.41, 5.74) is 1.29. The molecule has 0 fully saturated rings. The van der Waals surface area contributed by atoms with Crippen LogP contribution in [0.15, 0.2) is 48.5 Å². The summed E-state index contributed by atoms with van der Waals surface area (Å²) in [7, 11) is -3.60. The zero-order valence-electron chi connectivity index (χ0n) is 15.0. The smallest absolute Gasteiger partial charge is 0.306 e. The third-order valence-electron chi connectivity index (χ3n) is 3.95. The number of hydrogen-bond acceptors (Lipinski definition) is 4. The quantitative estimate of drug-likeness (QED) is 0.661. The molecule has 0 aliphatic heterocycles. The van der Waals surface area contributed by atoms with Gasteiger partial charge in [0, 0.05) is 23.2 Å². The Hall–Kier alpha value is -2.05. The average Bonchev–Trinajstić information content (AvgIpc) is 2.57. The zero-order valence-corrected chi connectivity index (χ0v) is 16.5. The monoisotopic (exact) mass is 395 g/mol. The molecule has 2 aromatic rings. The first-order valence-electron chi connectivity index (χ1n) is 8.24. The summed E-state index contributed by atoms with van der Waals surface area (Å²) in [6.45, 7) is 4.31. The fourth-order valence-electron chi connectivity index (χ4n) is 2.50. The highest BCUT2D eigenvalue weighted by Gasteiger charge is 2.21. The van der Waals surface area contributed by atoms with Gasteiger partial charge < -0.3 is 9.08 Å². The molecule has 0 spiro atoms. The summed E-state index contributed by atoms with van der Waals surface area (Å²) in [4.78, 5) is 14.7. The molecule has 0 saturated carbocycles. The van der Waals surface area contributed by atoms with Crippen molar-refractivity contribution < 1.29 is 17.4 Å². The molecule has 0 aromatic heterocycles. The van der Waals surface area contributed by atoms with E-state index in [0.717, 1.165) is 18.2 Å². The van der Waals surface area contributed by atoms with Crippen molar-refractivity contribution in [3.05, 3.63) is 64.7 Å². The van der Waals surface area contributed by atoms with Gasteiger partial charge in [-0.25, -0.2) is 0 Å². The number of halogens is 1. The van der Waals surface area contributed by atoms with E-state index in [-0.39, 0.29) is 17.7 Å². The van der Waals surface area contributed by atoms with E-state index in [9.17, 15) is 13.2 Å². The minimum absolute atomic E-state index is 0.000893. The first-order chi connectivity index (χ1) is 12.2. The van der Waals surface area contributed by atoms with Crippen molar-refractivity contribution in [2.45, 2.75) is 32.9 Å². The molecular weight excluding hydrogens is 374 g/mol. The number of carbonyl (C=O) groups excluding carboxylic acids is 1. The average molecular weight is 396 g/mol. The summed E-state index contributed by atoms with van der Waals surface area (Å²) in [6.07, 6.45) is 1.78. The largest absolute Gasteiger partial charge is 0.383 e. The zero-order chi connectivity index (χ0) is 19.3. The lowest BCUT2D eigenvalue weighted by Gasteiger charge is -2.29. The van der Waals surface area contributed by atoms with Crippen molar-refractivity contribution in [1.29, 1.82) is 0 Å². The first kappa shape index (κ1) is 20.3. The van der Waals surface area contributed by atoms with Gasteiger partial charge in [0.2, 0.25) is 0 Å². The van der Waals surface area contributed by atoms with Crippen LogP contribution in [0.1, 0.15) is 36.2 Å². The molecule has 2 aromatic carbocycles. The van der Waals surface area contributed by atoms with Crippen LogP contribution in [0.5, 0.6) is 5.75 Å². The van der Waals surface area contributed by atoms with Crippen molar-refractivity contribution in [3.8, 4) is 5.75 Å². The van der Waals surface area contributed by atoms with Crippen molar-refractivity contribution in [1.82, 2.24) is 4.90 Å². The van der Waals surface area contributed by atoms with Crippen LogP contribution in [0.2, 0.25) is 5.02 Å². The van der Waals surface area contributed by atoms with Crippen molar-refractivity contribution in [2.24, 2.45) is 0 Å². The number of carbonyl (C=O) groups is 1. The molecule has 0 saturated heterocycles. The van der Waals surface area contributed by atoms with Gasteiger partial charge in [-0.05, 0) is 49.2 Å². The lowest BCUT2D eigenvalue weighted by molar-refractivity contribution is 0.0671. The van der Waals surface area contributed by atoms with Crippen molar-refractivity contribution in [2.75, 3.05) is 6.26 Å². The molecule has 2 rings (SSSR count). The molecule has 0 radical (unpaired) electrons. The number of hydrogen-bond donors (Lipinski definition) is 0. The second kappa shape index (κ2) is 8.56. The summed E-state index contributed by atoms with van der Waals surface area (Å²) < 4.78 is 27.6. The van der Waals surface area contributed by atoms with E-state index in [4.69, 9.17) is 15.8 Å². The molecule has 0 bridgehead atoms. The van der Waals surface area contributed by atoms with E-state index in [0.29, 0.717) is 17.1 Å². The Bertz CT molecular complexity index is 883. The highest BCUT2D eigenvalue weighted by molar-refractivity contribution is 7.86. The summed E-state index contributed by atoms with van der Waals surface area (Å²) >= 11 is 6.01. The van der Waals surface area contributed by atoms with Gasteiger partial charge in [0.1, 0.15) is 5.75 Å². The van der Waals surface area contributed by atoms with E-state index < -0.39 is 10.1 Å². The Labute approximate surface area is 159 Å². The van der Waals surface area contributed by atoms with Gasteiger partial charge in [-0.2, -0.15) is 8.42 Å². The van der Waals surface area contributed by atoms with Crippen molar-refractivity contribution >= 4 is 27.6 Å². The number of benzene rings is 2. The minimum Gasteiger partial charge on any atom is -0.383 e. The maximum atomic E-state index is 13.0. The summed E-state index contributed by atoms with van der Waals surface area (Å²) in [5.74, 6) is 0.0978. The van der Waals surface area contributed by atoms with Crippen LogP contribution in [-0.4, -0.2) is 31.5 Å². The van der Waals surface area contributed by atoms with Crippen LogP contribution in [0.3, 0.4) is 0 Å². The van der Waals surface area contributed by atoms with Crippen LogP contribution in [0, 0.1) is 0 Å². The molecule has 7 heteroatoms. The third-order valence-corrected chi connectivity index (χ3v) is 4.68. The van der Waals surface area contributed by atoms with E-state index >= 15 is 0 Å². The fourth-order valence-corrected chi connectivity index (χ4v) is 3.15. The molecule has 1 atom stereocenters. The van der Waals surface area contributed by atoms with E-state index in [1.165, 1.54) is 0 Å². The molecule has 0 aliphatic carbocycles. The summed E-state index contributed by atoms with van der Waals surface area (Å²) in [6, 6.07) is 13.6. The van der Waals surface area contributed by atoms with Gasteiger partial charge >= 0.3 is 10.1 Å². The molecule has 0 aliphatic rings. The molecule has 26 heavy (non-hydrogen) atoms. The predicted octanol–water partition coefficient (Wildman–Crippen LogP) is 4.12. The van der Waals surface area contributed by atoms with Gasteiger partial charge in [-0.3, -0.25) is 4.79 Å². The van der Waals surface area contributed by atoms with Crippen LogP contribution in [-0.2, 0) is 16.7 Å². The normalized spacial score (nSPS) is 12.5. The van der Waals surface area contributed by atoms with Gasteiger partial charge in [0.25, 0.3) is 5.91 Å². The molecule has 0 heterocycles. The van der Waals surface area contributed by atoms with Crippen LogP contribution in [0.25, 0.3) is 0 Å². The molecular formula is C19H22ClNO4S. The van der Waals surface area contributed by atoms with E-state index in [1.54, 1.807) is 47.4 Å². The Morgan fingerprint density at radius 1 is 1.19 bits per heavy atom. The minimum atomic E-state index is -3.60. The van der Waals surface area contributed by atoms with Gasteiger partial charge in [0.15, 0.2) is 0 Å². The molecule has 5 nitrogen and oxygen atoms in total. The van der Waals surface area contributed by atoms with Crippen LogP contribution in [0.4, 0.5) is 0 Å². The first-order valence-corrected chi connectivity index (χ1v) is 10.4. The number of rotatable bonds is 7. The van der Waals surface area contributed by atoms with Gasteiger partial charge in [0.05, 0.1) is 6.26 Å². The molecule has 0 unspecified atom stereocenters. The number of amides is 1. The Morgan fingerprint density at radius 2 is 1.88 bits per heavy atom. The second-order valence-electron chi connectivity index (χ2n) is 6.14. The molecule has 140 valence electrons. The maximum Gasteiger partial charge on any atom is 0.306 e. The summed E-state index contributed by atoms with van der Waals surface area (Å²) in [5, 5.41) is 0.503. The Morgan fingerprint density at radius 3 is 2.50 bits per heavy atom. The fraction of sp³-hybridized carbons (Fsp3) is 0.316. The van der Waals surface area contributed by atoms with E-state index in [1.807, 2.05) is 19.9 Å². The van der Waals surface area contributed by atoms with Crippen LogP contribution < -0.4 is 4.18 Å². The molecule has 0 N–H and O–H groups in total. The van der Waals surface area contributed by atoms with Crippen LogP contribution >= 0.6 is 11.6 Å². The lowest BCUT2D eigenvalue weighted by Crippen LogP contribution is -2.37. The highest BCUT2D eigenvalue weighted by Crippen LogP contribution is 2.21.